The molecule has 3 heteroatoms. The number of hydrogen-bond acceptors (Lipinski definition) is 1. The van der Waals surface area contributed by atoms with Gasteiger partial charge >= 0.3 is 0 Å². The van der Waals surface area contributed by atoms with Gasteiger partial charge in [-0.15, -0.1) is 0 Å². The molecule has 0 aliphatic heterocycles. The molecular formula is C14H16ClFO. The zero-order valence-electron chi connectivity index (χ0n) is 9.57. The first-order chi connectivity index (χ1) is 8.18. The van der Waals surface area contributed by atoms with Gasteiger partial charge in [0.1, 0.15) is 5.82 Å². The molecule has 2 aliphatic carbocycles. The van der Waals surface area contributed by atoms with Crippen molar-refractivity contribution in [3.63, 3.8) is 0 Å². The maximum Gasteiger partial charge on any atom is 0.142 e. The molecule has 0 bridgehead atoms. The summed E-state index contributed by atoms with van der Waals surface area (Å²) in [5.74, 6) is 1.48. The Morgan fingerprint density at radius 2 is 2.06 bits per heavy atom. The fourth-order valence-electron chi connectivity index (χ4n) is 3.52. The maximum absolute atomic E-state index is 13.3. The SMILES string of the molecule is OC(Cc1cccc(F)c1Cl)C1C2CCCC21. The first kappa shape index (κ1) is 11.5. The van der Waals surface area contributed by atoms with E-state index in [9.17, 15) is 9.50 Å². The summed E-state index contributed by atoms with van der Waals surface area (Å²) in [6, 6.07) is 4.80. The number of hydrogen-bond donors (Lipinski definition) is 1. The summed E-state index contributed by atoms with van der Waals surface area (Å²) < 4.78 is 13.3. The minimum atomic E-state index is -0.396. The largest absolute Gasteiger partial charge is 0.392 e. The number of fused-ring (bicyclic) bond motifs is 1. The lowest BCUT2D eigenvalue weighted by atomic mass is 9.99. The van der Waals surface area contributed by atoms with Crippen molar-refractivity contribution in [3.8, 4) is 0 Å². The summed E-state index contributed by atoms with van der Waals surface area (Å²) >= 11 is 5.90. The molecule has 3 rings (SSSR count). The van der Waals surface area contributed by atoms with E-state index in [1.54, 1.807) is 12.1 Å². The number of rotatable bonds is 3. The Bertz CT molecular complexity index is 424. The monoisotopic (exact) mass is 254 g/mol. The third-order valence-corrected chi connectivity index (χ3v) is 4.80. The summed E-state index contributed by atoms with van der Waals surface area (Å²) in [5.41, 5.74) is 0.726. The van der Waals surface area contributed by atoms with Crippen molar-refractivity contribution < 1.29 is 9.50 Å². The van der Waals surface area contributed by atoms with Crippen molar-refractivity contribution in [1.82, 2.24) is 0 Å². The maximum atomic E-state index is 13.3. The van der Waals surface area contributed by atoms with Crippen LogP contribution < -0.4 is 0 Å². The van der Waals surface area contributed by atoms with Crippen LogP contribution in [-0.4, -0.2) is 11.2 Å². The van der Waals surface area contributed by atoms with Crippen LogP contribution in [0.2, 0.25) is 5.02 Å². The van der Waals surface area contributed by atoms with Crippen molar-refractivity contribution in [1.29, 1.82) is 0 Å². The predicted molar refractivity (Wildman–Crippen MR) is 65.4 cm³/mol. The molecule has 0 radical (unpaired) electrons. The summed E-state index contributed by atoms with van der Waals surface area (Å²) in [7, 11) is 0. The molecule has 1 aromatic rings. The molecule has 2 aliphatic rings. The normalized spacial score (nSPS) is 32.3. The Morgan fingerprint density at radius 1 is 1.35 bits per heavy atom. The zero-order valence-corrected chi connectivity index (χ0v) is 10.3. The van der Waals surface area contributed by atoms with E-state index >= 15 is 0 Å². The first-order valence-electron chi connectivity index (χ1n) is 6.29. The van der Waals surface area contributed by atoms with Crippen LogP contribution in [0.1, 0.15) is 24.8 Å². The Morgan fingerprint density at radius 3 is 2.76 bits per heavy atom. The topological polar surface area (TPSA) is 20.2 Å². The van der Waals surface area contributed by atoms with E-state index in [1.807, 2.05) is 0 Å². The smallest absolute Gasteiger partial charge is 0.142 e. The zero-order chi connectivity index (χ0) is 12.0. The third kappa shape index (κ3) is 1.98. The summed E-state index contributed by atoms with van der Waals surface area (Å²) in [4.78, 5) is 0. The second-order valence-corrected chi connectivity index (χ2v) is 5.70. The molecule has 0 saturated heterocycles. The highest BCUT2D eigenvalue weighted by atomic mass is 35.5. The molecule has 0 amide bonds. The molecule has 1 N–H and O–H groups in total. The molecule has 17 heavy (non-hydrogen) atoms. The Kier molecular flexibility index (Phi) is 2.87. The van der Waals surface area contributed by atoms with Crippen LogP contribution in [0.5, 0.6) is 0 Å². The molecule has 0 aromatic heterocycles. The van der Waals surface area contributed by atoms with Gasteiger partial charge in [0.2, 0.25) is 0 Å². The van der Waals surface area contributed by atoms with Gasteiger partial charge in [-0.05, 0) is 42.2 Å². The van der Waals surface area contributed by atoms with Crippen LogP contribution in [-0.2, 0) is 6.42 Å². The molecule has 2 saturated carbocycles. The minimum absolute atomic E-state index is 0.164. The summed E-state index contributed by atoms with van der Waals surface area (Å²) in [6.07, 6.45) is 3.93. The van der Waals surface area contributed by atoms with Crippen LogP contribution in [0, 0.1) is 23.6 Å². The first-order valence-corrected chi connectivity index (χ1v) is 6.67. The fraction of sp³-hybridized carbons (Fsp3) is 0.571. The summed E-state index contributed by atoms with van der Waals surface area (Å²) in [5, 5.41) is 10.3. The molecule has 3 atom stereocenters. The van der Waals surface area contributed by atoms with Crippen LogP contribution >= 0.6 is 11.6 Å². The Labute approximate surface area is 106 Å². The minimum Gasteiger partial charge on any atom is -0.392 e. The van der Waals surface area contributed by atoms with E-state index < -0.39 is 5.82 Å². The molecule has 0 spiro atoms. The number of benzene rings is 1. The molecule has 1 aromatic carbocycles. The predicted octanol–water partition coefficient (Wildman–Crippen LogP) is 3.43. The van der Waals surface area contributed by atoms with Crippen molar-refractivity contribution in [2.75, 3.05) is 0 Å². The van der Waals surface area contributed by atoms with E-state index in [-0.39, 0.29) is 11.1 Å². The van der Waals surface area contributed by atoms with Gasteiger partial charge in [-0.25, -0.2) is 4.39 Å². The van der Waals surface area contributed by atoms with E-state index in [0.717, 1.165) is 17.4 Å². The second-order valence-electron chi connectivity index (χ2n) is 5.32. The molecule has 2 fully saturated rings. The number of aliphatic hydroxyl groups is 1. The van der Waals surface area contributed by atoms with Gasteiger partial charge in [-0.2, -0.15) is 0 Å². The van der Waals surface area contributed by atoms with Gasteiger partial charge in [-0.1, -0.05) is 30.2 Å². The standard InChI is InChI=1S/C14H16ClFO/c15-14-8(3-1-6-11(14)16)7-12(17)13-9-4-2-5-10(9)13/h1,3,6,9-10,12-13,17H,2,4-5,7H2. The van der Waals surface area contributed by atoms with Gasteiger partial charge in [0, 0.05) is 6.42 Å². The second kappa shape index (κ2) is 4.25. The summed E-state index contributed by atoms with van der Waals surface area (Å²) in [6.45, 7) is 0. The molecular weight excluding hydrogens is 239 g/mol. The molecule has 3 unspecified atom stereocenters. The van der Waals surface area contributed by atoms with E-state index in [4.69, 9.17) is 11.6 Å². The van der Waals surface area contributed by atoms with Crippen LogP contribution in [0.25, 0.3) is 0 Å². The van der Waals surface area contributed by atoms with Crippen molar-refractivity contribution in [3.05, 3.63) is 34.6 Å². The Balaban J connectivity index is 1.69. The van der Waals surface area contributed by atoms with E-state index in [1.165, 1.54) is 25.3 Å². The fourth-order valence-corrected chi connectivity index (χ4v) is 3.72. The number of halogens is 2. The van der Waals surface area contributed by atoms with Gasteiger partial charge < -0.3 is 5.11 Å². The third-order valence-electron chi connectivity index (χ3n) is 4.38. The van der Waals surface area contributed by atoms with Crippen molar-refractivity contribution in [2.24, 2.45) is 17.8 Å². The molecule has 1 nitrogen and oxygen atoms in total. The average molecular weight is 255 g/mol. The number of aliphatic hydroxyl groups excluding tert-OH is 1. The van der Waals surface area contributed by atoms with Gasteiger partial charge in [0.05, 0.1) is 11.1 Å². The van der Waals surface area contributed by atoms with Crippen LogP contribution in [0.4, 0.5) is 4.39 Å². The van der Waals surface area contributed by atoms with Gasteiger partial charge in [0.15, 0.2) is 0 Å². The average Bonchev–Trinajstić information content (AvgIpc) is 2.79. The lowest BCUT2D eigenvalue weighted by molar-refractivity contribution is 0.135. The lowest BCUT2D eigenvalue weighted by Crippen LogP contribution is -2.16. The Hall–Kier alpha value is -0.600. The van der Waals surface area contributed by atoms with Gasteiger partial charge in [-0.3, -0.25) is 0 Å². The highest BCUT2D eigenvalue weighted by molar-refractivity contribution is 6.31. The molecule has 92 valence electrons. The lowest BCUT2D eigenvalue weighted by Gasteiger charge is -2.13. The highest BCUT2D eigenvalue weighted by Crippen LogP contribution is 2.59. The van der Waals surface area contributed by atoms with E-state index in [0.29, 0.717) is 12.3 Å². The van der Waals surface area contributed by atoms with E-state index in [2.05, 4.69) is 0 Å². The van der Waals surface area contributed by atoms with Crippen molar-refractivity contribution >= 4 is 11.6 Å². The molecule has 0 heterocycles. The van der Waals surface area contributed by atoms with Crippen LogP contribution in [0.3, 0.4) is 0 Å². The van der Waals surface area contributed by atoms with Gasteiger partial charge in [0.25, 0.3) is 0 Å². The van der Waals surface area contributed by atoms with Crippen LogP contribution in [0.15, 0.2) is 18.2 Å². The highest BCUT2D eigenvalue weighted by Gasteiger charge is 2.55. The quantitative estimate of drug-likeness (QED) is 0.876. The van der Waals surface area contributed by atoms with Crippen molar-refractivity contribution in [2.45, 2.75) is 31.8 Å².